The van der Waals surface area contributed by atoms with Crippen molar-refractivity contribution in [3.05, 3.63) is 37.1 Å². The summed E-state index contributed by atoms with van der Waals surface area (Å²) >= 11 is 0. The molecule has 4 nitrogen and oxygen atoms in total. The van der Waals surface area contributed by atoms with Crippen LogP contribution in [0.15, 0.2) is 37.1 Å². The van der Waals surface area contributed by atoms with Crippen LogP contribution in [0.3, 0.4) is 0 Å². The van der Waals surface area contributed by atoms with Crippen molar-refractivity contribution in [2.45, 2.75) is 26.7 Å². The molecule has 0 aliphatic carbocycles. The molecule has 0 radical (unpaired) electrons. The third kappa shape index (κ3) is 10.7. The van der Waals surface area contributed by atoms with Gasteiger partial charge in [-0.3, -0.25) is 4.79 Å². The van der Waals surface area contributed by atoms with Gasteiger partial charge in [-0.2, -0.15) is 0 Å². The molecule has 0 fully saturated rings. The Morgan fingerprint density at radius 2 is 1.83 bits per heavy atom. The van der Waals surface area contributed by atoms with Crippen LogP contribution >= 0.6 is 0 Å². The maximum atomic E-state index is 10.6. The number of carbonyl (C=O) groups excluding carboxylic acids is 1. The van der Waals surface area contributed by atoms with Gasteiger partial charge in [0.25, 0.3) is 0 Å². The Morgan fingerprint density at radius 3 is 2.06 bits per heavy atom. The zero-order valence-corrected chi connectivity index (χ0v) is 11.5. The lowest BCUT2D eigenvalue weighted by atomic mass is 10.2. The fraction of sp³-hybridized carbons (Fsp3) is 0.429. The summed E-state index contributed by atoms with van der Waals surface area (Å²) in [6.07, 6.45) is 2.78. The molecule has 0 aromatic carbocycles. The summed E-state index contributed by atoms with van der Waals surface area (Å²) in [5.74, 6) is -0.698. The zero-order valence-electron chi connectivity index (χ0n) is 11.5. The highest BCUT2D eigenvalue weighted by molar-refractivity contribution is 5.85. The van der Waals surface area contributed by atoms with Gasteiger partial charge < -0.3 is 10.0 Å². The van der Waals surface area contributed by atoms with E-state index in [-0.39, 0.29) is 11.4 Å². The maximum Gasteiger partial charge on any atom is 0.330 e. The van der Waals surface area contributed by atoms with Gasteiger partial charge in [0.2, 0.25) is 0 Å². The highest BCUT2D eigenvalue weighted by atomic mass is 16.4. The number of likely N-dealkylation sites (N-methyl/N-ethyl adjacent to an activating group) is 1. The van der Waals surface area contributed by atoms with Crippen LogP contribution < -0.4 is 0 Å². The highest BCUT2D eigenvalue weighted by Crippen LogP contribution is 1.99. The summed E-state index contributed by atoms with van der Waals surface area (Å²) in [5, 5.41) is 8.08. The Hall–Kier alpha value is -1.84. The molecule has 18 heavy (non-hydrogen) atoms. The van der Waals surface area contributed by atoms with Crippen molar-refractivity contribution in [2.24, 2.45) is 0 Å². The summed E-state index contributed by atoms with van der Waals surface area (Å²) in [5.41, 5.74) is 1.12. The number of carboxylic acid groups (broad SMARTS) is 1. The normalized spacial score (nSPS) is 8.61. The average molecular weight is 253 g/mol. The monoisotopic (exact) mass is 253 g/mol. The predicted molar refractivity (Wildman–Crippen MR) is 74.3 cm³/mol. The molecule has 0 amide bonds. The zero-order chi connectivity index (χ0) is 14.7. The minimum absolute atomic E-state index is 0.203. The molecule has 0 spiro atoms. The number of hydrogen-bond acceptors (Lipinski definition) is 3. The van der Waals surface area contributed by atoms with Crippen LogP contribution in [0.4, 0.5) is 0 Å². The van der Waals surface area contributed by atoms with E-state index in [1.807, 2.05) is 11.9 Å². The first-order valence-corrected chi connectivity index (χ1v) is 5.69. The molecule has 0 aromatic rings. The largest absolute Gasteiger partial charge is 0.478 e. The fourth-order valence-corrected chi connectivity index (χ4v) is 0.776. The third-order valence-corrected chi connectivity index (χ3v) is 2.25. The van der Waals surface area contributed by atoms with E-state index >= 15 is 0 Å². The number of carboxylic acids is 1. The van der Waals surface area contributed by atoms with Crippen LogP contribution in [0.2, 0.25) is 0 Å². The van der Waals surface area contributed by atoms with Gasteiger partial charge in [0.05, 0.1) is 0 Å². The van der Waals surface area contributed by atoms with Crippen molar-refractivity contribution in [1.29, 1.82) is 0 Å². The molecular weight excluding hydrogens is 230 g/mol. The van der Waals surface area contributed by atoms with Crippen LogP contribution in [0, 0.1) is 0 Å². The number of carbonyl (C=O) groups is 2. The SMILES string of the molecule is C=C(CC)C(=O)O.C=CC(=C)N(C)CCC(C)=O. The Balaban J connectivity index is 0. The van der Waals surface area contributed by atoms with Crippen LogP contribution in [-0.4, -0.2) is 35.4 Å². The smallest absolute Gasteiger partial charge is 0.330 e. The van der Waals surface area contributed by atoms with Gasteiger partial charge >= 0.3 is 5.97 Å². The van der Waals surface area contributed by atoms with E-state index in [4.69, 9.17) is 5.11 Å². The second-order valence-electron chi connectivity index (χ2n) is 3.83. The molecule has 0 saturated carbocycles. The van der Waals surface area contributed by atoms with Gasteiger partial charge in [-0.05, 0) is 19.4 Å². The summed E-state index contributed by atoms with van der Waals surface area (Å²) in [6.45, 7) is 14.7. The second kappa shape index (κ2) is 10.3. The van der Waals surface area contributed by atoms with Crippen LogP contribution in [0.1, 0.15) is 26.7 Å². The summed E-state index contributed by atoms with van der Waals surface area (Å²) in [4.78, 5) is 22.3. The van der Waals surface area contributed by atoms with Gasteiger partial charge in [0, 0.05) is 31.3 Å². The standard InChI is InChI=1S/C9H15NO.C5H8O2/c1-5-8(2)10(4)7-6-9(3)11;1-3-4(2)5(6)7/h5H,1-2,6-7H2,3-4H3;2-3H2,1H3,(H,6,7). The Kier molecular flexibility index (Phi) is 10.6. The van der Waals surface area contributed by atoms with Crippen LogP contribution in [-0.2, 0) is 9.59 Å². The minimum atomic E-state index is -0.900. The number of allylic oxidation sites excluding steroid dienone is 1. The Bertz CT molecular complexity index is 332. The number of rotatable bonds is 7. The van der Waals surface area contributed by atoms with Crippen molar-refractivity contribution >= 4 is 11.8 Å². The van der Waals surface area contributed by atoms with Gasteiger partial charge in [0.15, 0.2) is 0 Å². The lowest BCUT2D eigenvalue weighted by molar-refractivity contribution is -0.132. The lowest BCUT2D eigenvalue weighted by Crippen LogP contribution is -2.18. The molecule has 0 aromatic heterocycles. The third-order valence-electron chi connectivity index (χ3n) is 2.25. The van der Waals surface area contributed by atoms with E-state index in [0.29, 0.717) is 12.8 Å². The van der Waals surface area contributed by atoms with Gasteiger partial charge in [-0.25, -0.2) is 4.79 Å². The number of nitrogens with zero attached hydrogens (tertiary/aromatic N) is 1. The van der Waals surface area contributed by atoms with E-state index in [2.05, 4.69) is 19.7 Å². The summed E-state index contributed by atoms with van der Waals surface area (Å²) < 4.78 is 0. The summed E-state index contributed by atoms with van der Waals surface area (Å²) in [7, 11) is 1.90. The first kappa shape index (κ1) is 18.5. The van der Waals surface area contributed by atoms with Crippen LogP contribution in [0.5, 0.6) is 0 Å². The molecule has 4 heteroatoms. The quantitative estimate of drug-likeness (QED) is 0.559. The van der Waals surface area contributed by atoms with Gasteiger partial charge in [-0.15, -0.1) is 0 Å². The minimum Gasteiger partial charge on any atom is -0.478 e. The van der Waals surface area contributed by atoms with Crippen molar-refractivity contribution in [3.8, 4) is 0 Å². The molecule has 0 unspecified atom stereocenters. The molecular formula is C14H23NO3. The fourth-order valence-electron chi connectivity index (χ4n) is 0.776. The average Bonchev–Trinajstić information content (AvgIpc) is 2.34. The summed E-state index contributed by atoms with van der Waals surface area (Å²) in [6, 6.07) is 0. The number of aliphatic carboxylic acids is 1. The molecule has 0 aliphatic heterocycles. The molecule has 0 atom stereocenters. The van der Waals surface area contributed by atoms with E-state index in [9.17, 15) is 9.59 Å². The highest BCUT2D eigenvalue weighted by Gasteiger charge is 1.99. The molecule has 1 N–H and O–H groups in total. The van der Waals surface area contributed by atoms with Crippen molar-refractivity contribution < 1.29 is 14.7 Å². The van der Waals surface area contributed by atoms with E-state index in [1.165, 1.54) is 0 Å². The molecule has 0 rings (SSSR count). The van der Waals surface area contributed by atoms with Gasteiger partial charge in [0.1, 0.15) is 5.78 Å². The van der Waals surface area contributed by atoms with E-state index < -0.39 is 5.97 Å². The number of ketones is 1. The first-order valence-electron chi connectivity index (χ1n) is 5.69. The molecule has 0 saturated heterocycles. The van der Waals surface area contributed by atoms with Gasteiger partial charge in [-0.1, -0.05) is 26.7 Å². The topological polar surface area (TPSA) is 57.6 Å². The second-order valence-corrected chi connectivity index (χ2v) is 3.83. The van der Waals surface area contributed by atoms with Crippen molar-refractivity contribution in [2.75, 3.05) is 13.6 Å². The van der Waals surface area contributed by atoms with Crippen molar-refractivity contribution in [1.82, 2.24) is 4.90 Å². The van der Waals surface area contributed by atoms with Crippen molar-refractivity contribution in [3.63, 3.8) is 0 Å². The Labute approximate surface area is 109 Å². The van der Waals surface area contributed by atoms with E-state index in [0.717, 1.165) is 12.2 Å². The maximum absolute atomic E-state index is 10.6. The number of hydrogen-bond donors (Lipinski definition) is 1. The predicted octanol–water partition coefficient (Wildman–Crippen LogP) is 2.63. The first-order chi connectivity index (χ1) is 8.26. The molecule has 102 valence electrons. The molecule has 0 aliphatic rings. The Morgan fingerprint density at radius 1 is 1.33 bits per heavy atom. The molecule has 0 bridgehead atoms. The molecule has 0 heterocycles. The lowest BCUT2D eigenvalue weighted by Gasteiger charge is -2.17. The van der Waals surface area contributed by atoms with Crippen LogP contribution in [0.25, 0.3) is 0 Å². The van der Waals surface area contributed by atoms with E-state index in [1.54, 1.807) is 19.9 Å². The number of Topliss-reactive ketones (excluding diaryl/α,β-unsaturated/α-hetero) is 1.